The lowest BCUT2D eigenvalue weighted by Crippen LogP contribution is -3.00. The van der Waals surface area contributed by atoms with E-state index in [1.54, 1.807) is 77.9 Å². The maximum Gasteiger partial charge on any atom is 0.416 e. The zero-order valence-electron chi connectivity index (χ0n) is 29.5. The SMILES string of the molecule is CC(C)[C@@H](C[P+](Cc1cc(C(F)(F)F)cc(C(F)(F)F)c1)(c1ccccc1)c1ccccc1)NC(=O)[C@@H](NC(=O)OC(C)(C)C)C(C)(C)C.[Br-]. The van der Waals surface area contributed by atoms with Crippen molar-refractivity contribution in [2.75, 3.05) is 6.16 Å². The summed E-state index contributed by atoms with van der Waals surface area (Å²) >= 11 is 0. The summed E-state index contributed by atoms with van der Waals surface area (Å²) in [5.41, 5.74) is -4.44. The Morgan fingerprint density at radius 2 is 1.16 bits per heavy atom. The number of alkyl carbamates (subject to hydrolysis) is 1. The second-order valence-electron chi connectivity index (χ2n) is 14.7. The average Bonchev–Trinajstić information content (AvgIpc) is 2.97. The molecule has 0 aliphatic carbocycles. The van der Waals surface area contributed by atoms with Crippen LogP contribution in [0.5, 0.6) is 0 Å². The number of hydrogen-bond donors (Lipinski definition) is 2. The van der Waals surface area contributed by atoms with Gasteiger partial charge in [-0.2, -0.15) is 26.3 Å². The van der Waals surface area contributed by atoms with Gasteiger partial charge in [-0.1, -0.05) is 71.0 Å². The Hall–Kier alpha value is -3.11. The van der Waals surface area contributed by atoms with Crippen molar-refractivity contribution in [1.29, 1.82) is 0 Å². The summed E-state index contributed by atoms with van der Waals surface area (Å²) in [6, 6.07) is 18.1. The molecule has 0 saturated heterocycles. The predicted octanol–water partition coefficient (Wildman–Crippen LogP) is 5.98. The van der Waals surface area contributed by atoms with Gasteiger partial charge >= 0.3 is 18.4 Å². The van der Waals surface area contributed by atoms with Crippen LogP contribution in [-0.4, -0.2) is 35.8 Å². The van der Waals surface area contributed by atoms with E-state index in [2.05, 4.69) is 10.6 Å². The minimum absolute atomic E-state index is 0. The van der Waals surface area contributed by atoms with Crippen LogP contribution in [0.1, 0.15) is 72.1 Å². The smallest absolute Gasteiger partial charge is 0.416 e. The lowest BCUT2D eigenvalue weighted by molar-refractivity contribution is -0.143. The van der Waals surface area contributed by atoms with Crippen molar-refractivity contribution in [3.8, 4) is 0 Å². The van der Waals surface area contributed by atoms with Crippen LogP contribution in [-0.2, 0) is 28.0 Å². The maximum atomic E-state index is 14.0. The van der Waals surface area contributed by atoms with Crippen molar-refractivity contribution in [3.63, 3.8) is 0 Å². The number of nitrogens with one attached hydrogen (secondary N) is 2. The molecule has 50 heavy (non-hydrogen) atoms. The van der Waals surface area contributed by atoms with Crippen LogP contribution in [0.2, 0.25) is 0 Å². The van der Waals surface area contributed by atoms with Crippen molar-refractivity contribution < 1.29 is 57.6 Å². The van der Waals surface area contributed by atoms with Gasteiger partial charge in [-0.05, 0) is 80.1 Å². The number of hydrogen-bond acceptors (Lipinski definition) is 3. The monoisotopic (exact) mass is 790 g/mol. The van der Waals surface area contributed by atoms with Gasteiger partial charge in [0.05, 0.1) is 47.4 Å². The number of alkyl halides is 6. The van der Waals surface area contributed by atoms with E-state index in [-0.39, 0.29) is 46.9 Å². The second-order valence-corrected chi connectivity index (χ2v) is 18.3. The highest BCUT2D eigenvalue weighted by atomic mass is 79.9. The number of benzene rings is 3. The van der Waals surface area contributed by atoms with Crippen LogP contribution in [0, 0.1) is 11.3 Å². The summed E-state index contributed by atoms with van der Waals surface area (Å²) in [7, 11) is -2.92. The van der Waals surface area contributed by atoms with Crippen LogP contribution in [0.3, 0.4) is 0 Å². The first-order valence-corrected chi connectivity index (χ1v) is 18.1. The molecule has 0 saturated carbocycles. The highest BCUT2D eigenvalue weighted by Crippen LogP contribution is 2.60. The van der Waals surface area contributed by atoms with E-state index in [4.69, 9.17) is 4.74 Å². The molecule has 5 nitrogen and oxygen atoms in total. The minimum Gasteiger partial charge on any atom is -1.00 e. The van der Waals surface area contributed by atoms with Crippen molar-refractivity contribution >= 4 is 29.9 Å². The van der Waals surface area contributed by atoms with Gasteiger partial charge in [0.25, 0.3) is 0 Å². The van der Waals surface area contributed by atoms with E-state index in [1.165, 1.54) is 0 Å². The highest BCUT2D eigenvalue weighted by molar-refractivity contribution is 7.88. The summed E-state index contributed by atoms with van der Waals surface area (Å²) in [5.74, 6) is -0.708. The van der Waals surface area contributed by atoms with Crippen LogP contribution in [0.25, 0.3) is 0 Å². The molecule has 0 radical (unpaired) electrons. The van der Waals surface area contributed by atoms with E-state index in [9.17, 15) is 35.9 Å². The Morgan fingerprint density at radius 3 is 1.52 bits per heavy atom. The molecule has 276 valence electrons. The summed E-state index contributed by atoms with van der Waals surface area (Å²) in [6.07, 6.45) is -10.7. The predicted molar refractivity (Wildman–Crippen MR) is 183 cm³/mol. The highest BCUT2D eigenvalue weighted by Gasteiger charge is 2.48. The van der Waals surface area contributed by atoms with Crippen LogP contribution in [0.4, 0.5) is 31.1 Å². The van der Waals surface area contributed by atoms with Crippen LogP contribution >= 0.6 is 7.26 Å². The van der Waals surface area contributed by atoms with Crippen molar-refractivity contribution in [1.82, 2.24) is 10.6 Å². The number of amides is 2. The number of carbonyl (C=O) groups is 2. The zero-order valence-corrected chi connectivity index (χ0v) is 31.9. The Balaban J connectivity index is 0.00000867. The molecule has 3 rings (SSSR count). The van der Waals surface area contributed by atoms with Gasteiger partial charge in [0.2, 0.25) is 5.91 Å². The van der Waals surface area contributed by atoms with Gasteiger partial charge in [0.1, 0.15) is 11.6 Å². The summed E-state index contributed by atoms with van der Waals surface area (Å²) in [5, 5.41) is 7.30. The third-order valence-corrected chi connectivity index (χ3v) is 12.5. The van der Waals surface area contributed by atoms with Crippen molar-refractivity contribution in [2.24, 2.45) is 11.3 Å². The first-order chi connectivity index (χ1) is 22.4. The van der Waals surface area contributed by atoms with Crippen molar-refractivity contribution in [3.05, 3.63) is 95.6 Å². The average molecular weight is 792 g/mol. The lowest BCUT2D eigenvalue weighted by Gasteiger charge is -2.36. The standard InChI is InChI=1S/C37H45F6N2O3P.BrH/c1-24(2)30(44-32(46)31(34(3,4)5)45-33(47)48-35(6,7)8)23-49(28-15-11-9-12-16-28,29-17-13-10-14-18-29)22-25-19-26(36(38,39)40)21-27(20-25)37(41,42)43;/h9-21,24,30-31H,22-23H2,1-8H3,(H-,44,45,46,47);1H/t30-,31-;/m1./s1. The third-order valence-electron chi connectivity index (χ3n) is 8.03. The molecular weight excluding hydrogens is 745 g/mol. The van der Waals surface area contributed by atoms with Gasteiger partial charge in [-0.15, -0.1) is 0 Å². The third kappa shape index (κ3) is 11.7. The van der Waals surface area contributed by atoms with Gasteiger partial charge in [-0.25, -0.2) is 4.79 Å². The molecule has 0 fully saturated rings. The Kier molecular flexibility index (Phi) is 14.2. The minimum atomic E-state index is -5.01. The van der Waals surface area contributed by atoms with Gasteiger partial charge in [0.15, 0.2) is 0 Å². The van der Waals surface area contributed by atoms with E-state index >= 15 is 0 Å². The van der Waals surface area contributed by atoms with E-state index < -0.39 is 65.8 Å². The molecule has 0 aromatic heterocycles. The summed E-state index contributed by atoms with van der Waals surface area (Å²) in [6.45, 7) is 14.2. The topological polar surface area (TPSA) is 67.4 Å². The first kappa shape index (κ1) is 43.1. The Labute approximate surface area is 302 Å². The number of halogens is 7. The molecule has 0 heterocycles. The zero-order chi connectivity index (χ0) is 37.0. The largest absolute Gasteiger partial charge is 1.00 e. The fourth-order valence-electron chi connectivity index (χ4n) is 5.58. The molecular formula is C37H46BrF6N2O3P. The summed E-state index contributed by atoms with van der Waals surface area (Å²) < 4.78 is 89.3. The fourth-order valence-corrected chi connectivity index (χ4v) is 10.3. The second kappa shape index (κ2) is 16.5. The Morgan fingerprint density at radius 1 is 0.720 bits per heavy atom. The quantitative estimate of drug-likeness (QED) is 0.197. The number of ether oxygens (including phenoxy) is 1. The molecule has 0 aliphatic rings. The lowest BCUT2D eigenvalue weighted by atomic mass is 9.86. The van der Waals surface area contributed by atoms with Crippen LogP contribution in [0.15, 0.2) is 78.9 Å². The van der Waals surface area contributed by atoms with Gasteiger partial charge < -0.3 is 32.4 Å². The van der Waals surface area contributed by atoms with E-state index in [0.717, 1.165) is 22.7 Å². The number of carbonyl (C=O) groups excluding carboxylic acids is 2. The molecule has 0 aliphatic heterocycles. The fraction of sp³-hybridized carbons (Fsp3) is 0.459. The van der Waals surface area contributed by atoms with E-state index in [0.29, 0.717) is 0 Å². The maximum absolute atomic E-state index is 14.0. The molecule has 0 bridgehead atoms. The molecule has 3 aromatic rings. The molecule has 13 heteroatoms. The van der Waals surface area contributed by atoms with Gasteiger partial charge in [-0.3, -0.25) is 4.79 Å². The normalized spacial score (nSPS) is 14.0. The van der Waals surface area contributed by atoms with Crippen molar-refractivity contribution in [2.45, 2.75) is 91.6 Å². The van der Waals surface area contributed by atoms with Crippen LogP contribution < -0.4 is 38.2 Å². The summed E-state index contributed by atoms with van der Waals surface area (Å²) in [4.78, 5) is 26.8. The molecule has 2 amide bonds. The van der Waals surface area contributed by atoms with Gasteiger partial charge in [0, 0.05) is 0 Å². The number of rotatable bonds is 10. The molecule has 2 N–H and O–H groups in total. The Bertz CT molecular complexity index is 1500. The first-order valence-electron chi connectivity index (χ1n) is 16.0. The molecule has 3 aromatic carbocycles. The molecule has 2 atom stereocenters. The van der Waals surface area contributed by atoms with E-state index in [1.807, 2.05) is 38.1 Å². The molecule has 0 spiro atoms. The molecule has 0 unspecified atom stereocenters.